The fraction of sp³-hybridized carbons (Fsp3) is 0.0909. The summed E-state index contributed by atoms with van der Waals surface area (Å²) in [6, 6.07) is 3.11. The Morgan fingerprint density at radius 2 is 1.83 bits per heavy atom. The number of aliphatic carboxylic acids is 2. The second kappa shape index (κ2) is 9.61. The van der Waals surface area contributed by atoms with Crippen LogP contribution in [0.3, 0.4) is 0 Å². The fourth-order valence-electron chi connectivity index (χ4n) is 0.978. The Hall–Kier alpha value is -0.300. The van der Waals surface area contributed by atoms with Crippen molar-refractivity contribution in [2.45, 2.75) is 6.92 Å². The normalized spacial score (nSPS) is 11.2. The summed E-state index contributed by atoms with van der Waals surface area (Å²) in [6.07, 6.45) is 3.49. The molecule has 0 amide bonds. The zero-order valence-electron chi connectivity index (χ0n) is 10.4. The standard InChI is InChI=1S/C11H10O5.2Na/c1-7(10(12)13)5-8(11(14)15)6-9-3-2-4-16-9;;/h2-6H,1H3,(H,12,13)(H,14,15);;/q;2*+1/p-2/b7-5-,8-6+;;. The van der Waals surface area contributed by atoms with Crippen molar-refractivity contribution in [3.8, 4) is 0 Å². The fourth-order valence-corrected chi connectivity index (χ4v) is 0.978. The number of carboxylic acids is 2. The van der Waals surface area contributed by atoms with Gasteiger partial charge in [-0.2, -0.15) is 0 Å². The molecule has 0 radical (unpaired) electrons. The molecule has 0 atom stereocenters. The van der Waals surface area contributed by atoms with Gasteiger partial charge in [0.1, 0.15) is 5.76 Å². The monoisotopic (exact) mass is 266 g/mol. The number of hydrogen-bond acceptors (Lipinski definition) is 5. The Morgan fingerprint density at radius 3 is 2.22 bits per heavy atom. The van der Waals surface area contributed by atoms with Gasteiger partial charge in [0.2, 0.25) is 0 Å². The van der Waals surface area contributed by atoms with Crippen LogP contribution in [0.15, 0.2) is 40.0 Å². The summed E-state index contributed by atoms with van der Waals surface area (Å²) >= 11 is 0. The van der Waals surface area contributed by atoms with Crippen LogP contribution in [0, 0.1) is 0 Å². The molecule has 1 aromatic rings. The van der Waals surface area contributed by atoms with Crippen LogP contribution in [0.5, 0.6) is 0 Å². The zero-order valence-corrected chi connectivity index (χ0v) is 14.4. The Morgan fingerprint density at radius 1 is 1.22 bits per heavy atom. The zero-order chi connectivity index (χ0) is 12.1. The summed E-state index contributed by atoms with van der Waals surface area (Å²) in [5.74, 6) is -2.63. The van der Waals surface area contributed by atoms with Gasteiger partial charge in [-0.3, -0.25) is 0 Å². The molecular weight excluding hydrogens is 258 g/mol. The number of carbonyl (C=O) groups is 2. The predicted octanol–water partition coefficient (Wildman–Crippen LogP) is -6.88. The minimum Gasteiger partial charge on any atom is -0.545 e. The second-order valence-corrected chi connectivity index (χ2v) is 3.02. The molecule has 0 aliphatic rings. The third-order valence-corrected chi connectivity index (χ3v) is 1.77. The van der Waals surface area contributed by atoms with Crippen LogP contribution in [-0.2, 0) is 9.59 Å². The number of rotatable bonds is 4. The SMILES string of the molecule is C/C(=C/C(=C\c1ccco1)C(=O)[O-])C(=O)[O-].[Na+].[Na+]. The first-order chi connectivity index (χ1) is 7.50. The first-order valence-electron chi connectivity index (χ1n) is 4.37. The maximum Gasteiger partial charge on any atom is 1.00 e. The van der Waals surface area contributed by atoms with Crippen molar-refractivity contribution in [2.75, 3.05) is 0 Å². The van der Waals surface area contributed by atoms with Gasteiger partial charge in [-0.1, -0.05) is 0 Å². The number of carbonyl (C=O) groups excluding carboxylic acids is 2. The maximum absolute atomic E-state index is 10.7. The van der Waals surface area contributed by atoms with E-state index in [-0.39, 0.29) is 70.3 Å². The van der Waals surface area contributed by atoms with Crippen molar-refractivity contribution in [3.63, 3.8) is 0 Å². The van der Waals surface area contributed by atoms with Gasteiger partial charge in [-0.25, -0.2) is 0 Å². The molecule has 0 saturated carbocycles. The van der Waals surface area contributed by atoms with E-state index in [2.05, 4.69) is 0 Å². The summed E-state index contributed by atoms with van der Waals surface area (Å²) < 4.78 is 4.90. The molecular formula is C11H8Na2O5. The summed E-state index contributed by atoms with van der Waals surface area (Å²) in [5, 5.41) is 21.1. The van der Waals surface area contributed by atoms with Gasteiger partial charge in [0.25, 0.3) is 0 Å². The van der Waals surface area contributed by atoms with E-state index in [1.54, 1.807) is 6.07 Å². The maximum atomic E-state index is 10.7. The minimum absolute atomic E-state index is 0. The molecule has 0 N–H and O–H groups in total. The molecule has 1 rings (SSSR count). The molecule has 18 heavy (non-hydrogen) atoms. The van der Waals surface area contributed by atoms with Gasteiger partial charge in [0.05, 0.1) is 18.2 Å². The van der Waals surface area contributed by atoms with Crippen molar-refractivity contribution in [1.29, 1.82) is 0 Å². The van der Waals surface area contributed by atoms with Crippen LogP contribution in [0.1, 0.15) is 12.7 Å². The molecule has 0 saturated heterocycles. The molecule has 0 aromatic carbocycles. The van der Waals surface area contributed by atoms with Gasteiger partial charge in [-0.05, 0) is 36.8 Å². The Labute approximate surface area is 148 Å². The van der Waals surface area contributed by atoms with E-state index in [9.17, 15) is 19.8 Å². The molecule has 7 heteroatoms. The first-order valence-corrected chi connectivity index (χ1v) is 4.37. The average Bonchev–Trinajstić information content (AvgIpc) is 2.68. The van der Waals surface area contributed by atoms with Gasteiger partial charge in [-0.15, -0.1) is 0 Å². The van der Waals surface area contributed by atoms with Crippen molar-refractivity contribution in [1.82, 2.24) is 0 Å². The Bertz CT molecular complexity index is 460. The Balaban J connectivity index is 0. The van der Waals surface area contributed by atoms with Gasteiger partial charge in [0, 0.05) is 5.57 Å². The van der Waals surface area contributed by atoms with Crippen LogP contribution in [0.4, 0.5) is 0 Å². The second-order valence-electron chi connectivity index (χ2n) is 3.02. The van der Waals surface area contributed by atoms with E-state index in [0.29, 0.717) is 5.76 Å². The molecule has 0 aliphatic heterocycles. The van der Waals surface area contributed by atoms with E-state index in [0.717, 1.165) is 6.08 Å². The van der Waals surface area contributed by atoms with E-state index >= 15 is 0 Å². The average molecular weight is 266 g/mol. The minimum atomic E-state index is -1.49. The number of furan rings is 1. The predicted molar refractivity (Wildman–Crippen MR) is 50.5 cm³/mol. The van der Waals surface area contributed by atoms with Crippen LogP contribution in [0.2, 0.25) is 0 Å². The number of hydrogen-bond donors (Lipinski definition) is 0. The first kappa shape index (κ1) is 20.0. The van der Waals surface area contributed by atoms with Crippen LogP contribution >= 0.6 is 0 Å². The quantitative estimate of drug-likeness (QED) is 0.307. The number of carboxylic acid groups (broad SMARTS) is 2. The van der Waals surface area contributed by atoms with E-state index < -0.39 is 11.9 Å². The Kier molecular flexibility index (Phi) is 10.7. The molecule has 0 fully saturated rings. The molecule has 0 unspecified atom stereocenters. The summed E-state index contributed by atoms with van der Waals surface area (Å²) in [6.45, 7) is 1.23. The third-order valence-electron chi connectivity index (χ3n) is 1.77. The summed E-state index contributed by atoms with van der Waals surface area (Å²) in [4.78, 5) is 21.1. The molecule has 0 aliphatic carbocycles. The van der Waals surface area contributed by atoms with Gasteiger partial charge >= 0.3 is 59.1 Å². The van der Waals surface area contributed by atoms with Crippen LogP contribution in [0.25, 0.3) is 6.08 Å². The van der Waals surface area contributed by atoms with Crippen molar-refractivity contribution in [2.24, 2.45) is 0 Å². The van der Waals surface area contributed by atoms with Crippen LogP contribution < -0.4 is 69.3 Å². The molecule has 1 aromatic heterocycles. The molecule has 1 heterocycles. The smallest absolute Gasteiger partial charge is 0.545 e. The largest absolute Gasteiger partial charge is 1.00 e. The third kappa shape index (κ3) is 6.58. The van der Waals surface area contributed by atoms with Crippen molar-refractivity contribution < 1.29 is 83.3 Å². The molecule has 84 valence electrons. The van der Waals surface area contributed by atoms with E-state index in [1.807, 2.05) is 0 Å². The molecule has 5 nitrogen and oxygen atoms in total. The topological polar surface area (TPSA) is 93.4 Å². The van der Waals surface area contributed by atoms with Crippen molar-refractivity contribution >= 4 is 18.0 Å². The van der Waals surface area contributed by atoms with Crippen molar-refractivity contribution in [3.05, 3.63) is 41.4 Å². The molecule has 0 spiro atoms. The van der Waals surface area contributed by atoms with E-state index in [4.69, 9.17) is 4.42 Å². The van der Waals surface area contributed by atoms with Gasteiger partial charge < -0.3 is 24.2 Å². The summed E-state index contributed by atoms with van der Waals surface area (Å²) in [7, 11) is 0. The molecule has 0 bridgehead atoms. The van der Waals surface area contributed by atoms with Gasteiger partial charge in [0.15, 0.2) is 0 Å². The summed E-state index contributed by atoms with van der Waals surface area (Å²) in [5.41, 5.74) is -0.501. The van der Waals surface area contributed by atoms with E-state index in [1.165, 1.54) is 25.3 Å². The van der Waals surface area contributed by atoms with Crippen LogP contribution in [-0.4, -0.2) is 11.9 Å².